The number of hydrogen-bond donors (Lipinski definition) is 0. The highest BCUT2D eigenvalue weighted by atomic mass is 79.9. The predicted octanol–water partition coefficient (Wildman–Crippen LogP) is 4.61. The van der Waals surface area contributed by atoms with Crippen molar-refractivity contribution < 1.29 is 13.6 Å². The summed E-state index contributed by atoms with van der Waals surface area (Å²) in [6.07, 6.45) is 0. The van der Waals surface area contributed by atoms with Gasteiger partial charge < -0.3 is 0 Å². The van der Waals surface area contributed by atoms with Gasteiger partial charge in [0.05, 0.1) is 5.02 Å². The molecule has 2 aromatic carbocycles. The molecule has 0 heterocycles. The van der Waals surface area contributed by atoms with Crippen molar-refractivity contribution in [1.29, 1.82) is 0 Å². The number of halogens is 4. The summed E-state index contributed by atoms with van der Waals surface area (Å²) in [4.78, 5) is 12.1. The maximum atomic E-state index is 13.1. The highest BCUT2D eigenvalue weighted by Gasteiger charge is 2.16. The van der Waals surface area contributed by atoms with Crippen molar-refractivity contribution in [1.82, 2.24) is 0 Å². The van der Waals surface area contributed by atoms with Gasteiger partial charge in [0.1, 0.15) is 0 Å². The number of benzene rings is 2. The molecule has 0 aliphatic rings. The van der Waals surface area contributed by atoms with Crippen molar-refractivity contribution in [3.8, 4) is 0 Å². The molecule has 0 radical (unpaired) electrons. The smallest absolute Gasteiger partial charge is 0.194 e. The zero-order valence-corrected chi connectivity index (χ0v) is 11.2. The lowest BCUT2D eigenvalue weighted by atomic mass is 10.0. The van der Waals surface area contributed by atoms with Gasteiger partial charge in [-0.2, -0.15) is 0 Å². The third kappa shape index (κ3) is 2.44. The van der Waals surface area contributed by atoms with Crippen LogP contribution in [0.15, 0.2) is 40.9 Å². The Morgan fingerprint density at radius 3 is 2.50 bits per heavy atom. The van der Waals surface area contributed by atoms with Gasteiger partial charge in [-0.15, -0.1) is 0 Å². The van der Waals surface area contributed by atoms with E-state index >= 15 is 0 Å². The predicted molar refractivity (Wildman–Crippen MR) is 68.9 cm³/mol. The van der Waals surface area contributed by atoms with Crippen molar-refractivity contribution in [2.24, 2.45) is 0 Å². The van der Waals surface area contributed by atoms with Crippen LogP contribution in [0.3, 0.4) is 0 Å². The molecule has 0 bridgehead atoms. The normalized spacial score (nSPS) is 10.4. The standard InChI is InChI=1S/C13H6BrClF2O/c14-9-3-1-2-8(12(9)15)13(18)7-4-5-10(16)11(17)6-7/h1-6H. The van der Waals surface area contributed by atoms with E-state index in [0.29, 0.717) is 4.47 Å². The molecule has 18 heavy (non-hydrogen) atoms. The molecule has 0 aliphatic carbocycles. The van der Waals surface area contributed by atoms with E-state index in [-0.39, 0.29) is 16.1 Å². The molecular formula is C13H6BrClF2O. The summed E-state index contributed by atoms with van der Waals surface area (Å²) in [6, 6.07) is 7.84. The van der Waals surface area contributed by atoms with Crippen LogP contribution in [-0.2, 0) is 0 Å². The zero-order valence-electron chi connectivity index (χ0n) is 8.88. The van der Waals surface area contributed by atoms with E-state index in [9.17, 15) is 13.6 Å². The first-order valence-corrected chi connectivity index (χ1v) is 6.11. The monoisotopic (exact) mass is 330 g/mol. The quantitative estimate of drug-likeness (QED) is 0.734. The SMILES string of the molecule is O=C(c1ccc(F)c(F)c1)c1cccc(Br)c1Cl. The van der Waals surface area contributed by atoms with Crippen LogP contribution in [0.2, 0.25) is 5.02 Å². The van der Waals surface area contributed by atoms with Gasteiger partial charge in [-0.25, -0.2) is 8.78 Å². The Balaban J connectivity index is 2.48. The molecule has 0 N–H and O–H groups in total. The van der Waals surface area contributed by atoms with E-state index in [2.05, 4.69) is 15.9 Å². The number of ketones is 1. The van der Waals surface area contributed by atoms with Crippen LogP contribution in [0.5, 0.6) is 0 Å². The second-order valence-corrected chi connectivity index (χ2v) is 4.79. The Bertz CT molecular complexity index is 628. The molecule has 0 fully saturated rings. The van der Waals surface area contributed by atoms with Gasteiger partial charge in [-0.3, -0.25) is 4.79 Å². The fourth-order valence-electron chi connectivity index (χ4n) is 1.47. The zero-order chi connectivity index (χ0) is 13.3. The van der Waals surface area contributed by atoms with Crippen molar-refractivity contribution >= 4 is 33.3 Å². The summed E-state index contributed by atoms with van der Waals surface area (Å²) < 4.78 is 26.4. The number of hydrogen-bond acceptors (Lipinski definition) is 1. The van der Waals surface area contributed by atoms with Gasteiger partial charge in [-0.1, -0.05) is 17.7 Å². The molecule has 0 aliphatic heterocycles. The van der Waals surface area contributed by atoms with Crippen LogP contribution < -0.4 is 0 Å². The molecule has 1 nitrogen and oxygen atoms in total. The number of carbonyl (C=O) groups is 1. The van der Waals surface area contributed by atoms with E-state index in [4.69, 9.17) is 11.6 Å². The van der Waals surface area contributed by atoms with E-state index in [1.54, 1.807) is 12.1 Å². The van der Waals surface area contributed by atoms with E-state index in [1.807, 2.05) is 0 Å². The van der Waals surface area contributed by atoms with E-state index < -0.39 is 17.4 Å². The average Bonchev–Trinajstić information content (AvgIpc) is 2.35. The Hall–Kier alpha value is -1.26. The van der Waals surface area contributed by atoms with Gasteiger partial charge in [0.2, 0.25) is 0 Å². The molecule has 0 spiro atoms. The maximum Gasteiger partial charge on any atom is 0.194 e. The van der Waals surface area contributed by atoms with Crippen LogP contribution in [0.4, 0.5) is 8.78 Å². The van der Waals surface area contributed by atoms with Gasteiger partial charge in [0, 0.05) is 15.6 Å². The second kappa shape index (κ2) is 5.16. The molecule has 0 unspecified atom stereocenters. The lowest BCUT2D eigenvalue weighted by Crippen LogP contribution is -2.03. The topological polar surface area (TPSA) is 17.1 Å². The fraction of sp³-hybridized carbons (Fsp3) is 0. The second-order valence-electron chi connectivity index (χ2n) is 3.56. The summed E-state index contributed by atoms with van der Waals surface area (Å²) in [6.45, 7) is 0. The molecule has 5 heteroatoms. The largest absolute Gasteiger partial charge is 0.289 e. The molecule has 0 atom stereocenters. The van der Waals surface area contributed by atoms with E-state index in [1.165, 1.54) is 12.1 Å². The molecule has 0 amide bonds. The molecule has 0 saturated heterocycles. The summed E-state index contributed by atoms with van der Waals surface area (Å²) in [5.74, 6) is -2.51. The Labute approximate surface area is 116 Å². The number of carbonyl (C=O) groups excluding carboxylic acids is 1. The van der Waals surface area contributed by atoms with E-state index in [0.717, 1.165) is 12.1 Å². The van der Waals surface area contributed by atoms with Crippen LogP contribution in [-0.4, -0.2) is 5.78 Å². The van der Waals surface area contributed by atoms with Crippen LogP contribution in [0, 0.1) is 11.6 Å². The molecule has 0 saturated carbocycles. The minimum Gasteiger partial charge on any atom is -0.289 e. The van der Waals surface area contributed by atoms with Crippen LogP contribution >= 0.6 is 27.5 Å². The Morgan fingerprint density at radius 1 is 1.11 bits per heavy atom. The molecular weight excluding hydrogens is 325 g/mol. The Kier molecular flexibility index (Phi) is 3.78. The highest BCUT2D eigenvalue weighted by Crippen LogP contribution is 2.28. The molecule has 92 valence electrons. The summed E-state index contributed by atoms with van der Waals surface area (Å²) in [5.41, 5.74) is 0.283. The lowest BCUT2D eigenvalue weighted by molar-refractivity contribution is 0.103. The third-order valence-electron chi connectivity index (χ3n) is 2.38. The summed E-state index contributed by atoms with van der Waals surface area (Å²) >= 11 is 9.17. The number of rotatable bonds is 2. The minimum absolute atomic E-state index is 0.0499. The minimum atomic E-state index is -1.06. The van der Waals surface area contributed by atoms with Crippen LogP contribution in [0.1, 0.15) is 15.9 Å². The lowest BCUT2D eigenvalue weighted by Gasteiger charge is -2.05. The van der Waals surface area contributed by atoms with Crippen molar-refractivity contribution in [2.45, 2.75) is 0 Å². The third-order valence-corrected chi connectivity index (χ3v) is 3.67. The molecule has 0 aromatic heterocycles. The van der Waals surface area contributed by atoms with Crippen molar-refractivity contribution in [3.63, 3.8) is 0 Å². The van der Waals surface area contributed by atoms with Gasteiger partial charge in [-0.05, 0) is 46.3 Å². The average molecular weight is 332 g/mol. The van der Waals surface area contributed by atoms with Gasteiger partial charge >= 0.3 is 0 Å². The molecule has 2 rings (SSSR count). The van der Waals surface area contributed by atoms with Gasteiger partial charge in [0.25, 0.3) is 0 Å². The summed E-state index contributed by atoms with van der Waals surface area (Å²) in [5, 5.41) is 0.243. The Morgan fingerprint density at radius 2 is 1.83 bits per heavy atom. The van der Waals surface area contributed by atoms with Crippen molar-refractivity contribution in [3.05, 3.63) is 68.7 Å². The van der Waals surface area contributed by atoms with Crippen LogP contribution in [0.25, 0.3) is 0 Å². The highest BCUT2D eigenvalue weighted by molar-refractivity contribution is 9.10. The molecule has 2 aromatic rings. The maximum absolute atomic E-state index is 13.1. The van der Waals surface area contributed by atoms with Gasteiger partial charge in [0.15, 0.2) is 17.4 Å². The first-order valence-electron chi connectivity index (χ1n) is 4.94. The first kappa shape index (κ1) is 13.2. The van der Waals surface area contributed by atoms with Crippen molar-refractivity contribution in [2.75, 3.05) is 0 Å². The first-order chi connectivity index (χ1) is 8.50. The fourth-order valence-corrected chi connectivity index (χ4v) is 2.05. The summed E-state index contributed by atoms with van der Waals surface area (Å²) in [7, 11) is 0.